The summed E-state index contributed by atoms with van der Waals surface area (Å²) in [4.78, 5) is 18.3. The third kappa shape index (κ3) is 6.72. The van der Waals surface area contributed by atoms with E-state index >= 15 is 0 Å². The lowest BCUT2D eigenvalue weighted by atomic mass is 9.95. The predicted molar refractivity (Wildman–Crippen MR) is 136 cm³/mol. The zero-order valence-electron chi connectivity index (χ0n) is 21.3. The van der Waals surface area contributed by atoms with Gasteiger partial charge in [-0.25, -0.2) is 9.18 Å². The number of hydrogen-bond donors (Lipinski definition) is 2. The van der Waals surface area contributed by atoms with Crippen molar-refractivity contribution in [3.63, 3.8) is 0 Å². The third-order valence-electron chi connectivity index (χ3n) is 5.74. The molecule has 2 aromatic carbocycles. The molecule has 0 saturated carbocycles. The van der Waals surface area contributed by atoms with Crippen molar-refractivity contribution >= 4 is 17.9 Å². The molecule has 2 unspecified atom stereocenters. The fourth-order valence-electron chi connectivity index (χ4n) is 3.86. The largest absolute Gasteiger partial charge is 0.444 e. The van der Waals surface area contributed by atoms with Gasteiger partial charge in [0.1, 0.15) is 11.4 Å². The van der Waals surface area contributed by atoms with Gasteiger partial charge in [0, 0.05) is 24.1 Å². The summed E-state index contributed by atoms with van der Waals surface area (Å²) >= 11 is 0. The molecule has 10 heteroatoms. The van der Waals surface area contributed by atoms with Gasteiger partial charge in [-0.3, -0.25) is 5.32 Å². The van der Waals surface area contributed by atoms with Crippen molar-refractivity contribution in [2.75, 3.05) is 19.8 Å². The number of rotatable bonds is 4. The van der Waals surface area contributed by atoms with E-state index in [-0.39, 0.29) is 30.2 Å². The quantitative estimate of drug-likeness (QED) is 0.383. The van der Waals surface area contributed by atoms with Crippen LogP contribution in [0.1, 0.15) is 44.9 Å². The van der Waals surface area contributed by atoms with Crippen molar-refractivity contribution in [2.24, 2.45) is 4.99 Å². The number of alkyl carbamates (subject to hydrolysis) is 1. The second kappa shape index (κ2) is 11.1. The molecule has 1 aliphatic rings. The lowest BCUT2D eigenvalue weighted by Gasteiger charge is -2.34. The van der Waals surface area contributed by atoms with Crippen LogP contribution in [0.25, 0.3) is 11.1 Å². The summed E-state index contributed by atoms with van der Waals surface area (Å²) in [5.74, 6) is -0.475. The van der Waals surface area contributed by atoms with Crippen LogP contribution in [0.15, 0.2) is 64.1 Å². The van der Waals surface area contributed by atoms with Crippen molar-refractivity contribution in [1.82, 2.24) is 15.4 Å². The minimum atomic E-state index is -1.02. The van der Waals surface area contributed by atoms with Gasteiger partial charge in [0.05, 0.1) is 18.9 Å². The highest BCUT2D eigenvalue weighted by molar-refractivity contribution is 5.95. The number of morpholine rings is 1. The predicted octanol–water partition coefficient (Wildman–Crippen LogP) is 4.80. The van der Waals surface area contributed by atoms with Crippen LogP contribution < -0.4 is 5.32 Å². The first kappa shape index (κ1) is 26.3. The first-order chi connectivity index (χ1) is 17.6. The molecule has 0 radical (unpaired) electrons. The molecule has 4 rings (SSSR count). The van der Waals surface area contributed by atoms with Gasteiger partial charge >= 0.3 is 6.09 Å². The fraction of sp³-hybridized carbons (Fsp3) is 0.370. The van der Waals surface area contributed by atoms with Gasteiger partial charge in [-0.15, -0.1) is 0 Å². The zero-order valence-corrected chi connectivity index (χ0v) is 21.3. The van der Waals surface area contributed by atoms with E-state index in [4.69, 9.17) is 14.0 Å². The summed E-state index contributed by atoms with van der Waals surface area (Å²) in [6.45, 7) is 7.80. The Morgan fingerprint density at radius 1 is 1.24 bits per heavy atom. The summed E-state index contributed by atoms with van der Waals surface area (Å²) in [7, 11) is 0. The Balaban J connectivity index is 1.56. The Hall–Kier alpha value is -3.76. The van der Waals surface area contributed by atoms with Gasteiger partial charge in [0.15, 0.2) is 6.23 Å². The maximum Gasteiger partial charge on any atom is 0.414 e. The van der Waals surface area contributed by atoms with Gasteiger partial charge in [-0.1, -0.05) is 54.5 Å². The van der Waals surface area contributed by atoms with E-state index in [9.17, 15) is 14.3 Å². The molecular weight excluding hydrogens is 479 g/mol. The van der Waals surface area contributed by atoms with Crippen molar-refractivity contribution in [3.05, 3.63) is 71.7 Å². The minimum absolute atomic E-state index is 0.0404. The fourth-order valence-corrected chi connectivity index (χ4v) is 3.86. The number of aliphatic hydroxyl groups is 1. The van der Waals surface area contributed by atoms with Crippen LogP contribution in [0.4, 0.5) is 15.1 Å². The Labute approximate surface area is 214 Å². The molecule has 0 bridgehead atoms. The molecule has 2 heterocycles. The van der Waals surface area contributed by atoms with Crippen LogP contribution in [-0.2, 0) is 9.47 Å². The number of aromatic nitrogens is 1. The van der Waals surface area contributed by atoms with Crippen LogP contribution >= 0.6 is 0 Å². The maximum absolute atomic E-state index is 14.9. The maximum atomic E-state index is 14.9. The van der Waals surface area contributed by atoms with E-state index in [1.807, 2.05) is 43.3 Å². The van der Waals surface area contributed by atoms with Crippen LogP contribution in [0.5, 0.6) is 0 Å². The minimum Gasteiger partial charge on any atom is -0.444 e. The topological polar surface area (TPSA) is 109 Å². The Bertz CT molecular complexity index is 1260. The molecule has 0 spiro atoms. The van der Waals surface area contributed by atoms with Gasteiger partial charge in [-0.05, 0) is 38.0 Å². The average molecular weight is 511 g/mol. The molecule has 2 N–H and O–H groups in total. The molecule has 1 aromatic heterocycles. The van der Waals surface area contributed by atoms with E-state index in [0.717, 1.165) is 11.1 Å². The average Bonchev–Trinajstić information content (AvgIpc) is 3.31. The van der Waals surface area contributed by atoms with Crippen molar-refractivity contribution in [2.45, 2.75) is 45.4 Å². The number of carbonyl (C=O) groups is 1. The summed E-state index contributed by atoms with van der Waals surface area (Å²) in [6.07, 6.45) is -1.75. The van der Waals surface area contributed by atoms with Gasteiger partial charge in [0.2, 0.25) is 5.96 Å². The zero-order chi connectivity index (χ0) is 26.6. The molecule has 1 amide bonds. The highest BCUT2D eigenvalue weighted by Crippen LogP contribution is 2.30. The number of guanidine groups is 1. The SMILES string of the molecule is CC(c1ccc(-c2ccccc2)c(F)c1)c1cc(N=C(NC(=O)OC(C)(C)C)N2CCOCC2O)on1. The normalized spacial score (nSPS) is 17.4. The number of hydrogen-bond acceptors (Lipinski definition) is 7. The van der Waals surface area contributed by atoms with E-state index < -0.39 is 17.9 Å². The van der Waals surface area contributed by atoms with Crippen LogP contribution in [0.3, 0.4) is 0 Å². The first-order valence-electron chi connectivity index (χ1n) is 12.0. The van der Waals surface area contributed by atoms with E-state index in [2.05, 4.69) is 15.5 Å². The number of benzene rings is 2. The molecule has 1 aliphatic heterocycles. The molecule has 1 saturated heterocycles. The number of aliphatic imine (C=N–C) groups is 1. The lowest BCUT2D eigenvalue weighted by molar-refractivity contribution is -0.0747. The molecule has 3 aromatic rings. The number of aliphatic hydroxyl groups excluding tert-OH is 1. The number of amides is 1. The van der Waals surface area contributed by atoms with Crippen LogP contribution in [0.2, 0.25) is 0 Å². The molecular formula is C27H31FN4O5. The summed E-state index contributed by atoms with van der Waals surface area (Å²) in [5.41, 5.74) is 1.84. The number of carbonyl (C=O) groups excluding carboxylic acids is 1. The summed E-state index contributed by atoms with van der Waals surface area (Å²) in [6, 6.07) is 16.0. The molecule has 0 aliphatic carbocycles. The second-order valence-corrected chi connectivity index (χ2v) is 9.73. The van der Waals surface area contributed by atoms with E-state index in [0.29, 0.717) is 24.4 Å². The molecule has 196 valence electrons. The van der Waals surface area contributed by atoms with Gasteiger partial charge in [-0.2, -0.15) is 4.99 Å². The smallest absolute Gasteiger partial charge is 0.414 e. The van der Waals surface area contributed by atoms with Crippen LogP contribution in [0, 0.1) is 5.82 Å². The second-order valence-electron chi connectivity index (χ2n) is 9.73. The van der Waals surface area contributed by atoms with Crippen LogP contribution in [-0.4, -0.2) is 58.8 Å². The Morgan fingerprint density at radius 3 is 2.68 bits per heavy atom. The summed E-state index contributed by atoms with van der Waals surface area (Å²) < 4.78 is 30.9. The standard InChI is InChI=1S/C27H31FN4O5/c1-17(19-10-11-20(21(28)14-19)18-8-6-5-7-9-18)22-15-23(37-31-22)29-25(30-26(34)36-27(2,3)4)32-12-13-35-16-24(32)33/h5-11,14-15,17,24,33H,12-13,16H2,1-4H3,(H,29,30,34). The third-order valence-corrected chi connectivity index (χ3v) is 5.74. The summed E-state index contributed by atoms with van der Waals surface area (Å²) in [5, 5.41) is 17.1. The van der Waals surface area contributed by atoms with Crippen molar-refractivity contribution in [3.8, 4) is 11.1 Å². The number of nitrogens with one attached hydrogen (secondary N) is 1. The molecule has 2 atom stereocenters. The van der Waals surface area contributed by atoms with Crippen molar-refractivity contribution < 1.29 is 28.3 Å². The van der Waals surface area contributed by atoms with Gasteiger partial charge < -0.3 is 24.0 Å². The first-order valence-corrected chi connectivity index (χ1v) is 12.0. The lowest BCUT2D eigenvalue weighted by Crippen LogP contribution is -2.54. The van der Waals surface area contributed by atoms with E-state index in [1.165, 1.54) is 11.0 Å². The van der Waals surface area contributed by atoms with Gasteiger partial charge in [0.25, 0.3) is 5.88 Å². The van der Waals surface area contributed by atoms with Crippen molar-refractivity contribution in [1.29, 1.82) is 0 Å². The molecule has 1 fully saturated rings. The Morgan fingerprint density at radius 2 is 2.00 bits per heavy atom. The number of halogens is 1. The Kier molecular flexibility index (Phi) is 7.89. The number of ether oxygens (including phenoxy) is 2. The molecule has 37 heavy (non-hydrogen) atoms. The van der Waals surface area contributed by atoms with E-state index in [1.54, 1.807) is 32.9 Å². The monoisotopic (exact) mass is 510 g/mol. The molecule has 9 nitrogen and oxygen atoms in total. The number of nitrogens with zero attached hydrogens (tertiary/aromatic N) is 3. The highest BCUT2D eigenvalue weighted by atomic mass is 19.1. The highest BCUT2D eigenvalue weighted by Gasteiger charge is 2.28.